The monoisotopic (exact) mass is 205 g/mol. The van der Waals surface area contributed by atoms with Gasteiger partial charge in [-0.05, 0) is 37.8 Å². The second-order valence-corrected chi connectivity index (χ2v) is 4.49. The number of benzene rings is 1. The number of rotatable bonds is 6. The van der Waals surface area contributed by atoms with Gasteiger partial charge in [-0.2, -0.15) is 0 Å². The summed E-state index contributed by atoms with van der Waals surface area (Å²) < 4.78 is 0. The Morgan fingerprint density at radius 1 is 1.13 bits per heavy atom. The quantitative estimate of drug-likeness (QED) is 0.751. The molecule has 0 fully saturated rings. The van der Waals surface area contributed by atoms with Gasteiger partial charge in [0, 0.05) is 6.04 Å². The highest BCUT2D eigenvalue weighted by Crippen LogP contribution is 2.13. The van der Waals surface area contributed by atoms with Crippen LogP contribution in [0.15, 0.2) is 30.3 Å². The molecular weight excluding hydrogens is 182 g/mol. The zero-order chi connectivity index (χ0) is 11.1. The highest BCUT2D eigenvalue weighted by Gasteiger charge is 2.08. The van der Waals surface area contributed by atoms with Crippen molar-refractivity contribution in [3.05, 3.63) is 35.9 Å². The normalized spacial score (nSPS) is 14.9. The Kier molecular flexibility index (Phi) is 5.41. The minimum absolute atomic E-state index is 0.633. The third-order valence-corrected chi connectivity index (χ3v) is 2.74. The first kappa shape index (κ1) is 12.3. The van der Waals surface area contributed by atoms with Gasteiger partial charge in [-0.25, -0.2) is 0 Å². The predicted molar refractivity (Wildman–Crippen MR) is 67.1 cm³/mol. The maximum atomic E-state index is 3.46. The molecule has 1 N–H and O–H groups in total. The van der Waals surface area contributed by atoms with E-state index in [1.807, 2.05) is 0 Å². The Labute approximate surface area is 93.9 Å². The van der Waals surface area contributed by atoms with E-state index in [0.717, 1.165) is 12.5 Å². The number of hydrogen-bond donors (Lipinski definition) is 1. The lowest BCUT2D eigenvalue weighted by molar-refractivity contribution is 0.426. The molecule has 2 atom stereocenters. The first-order valence-electron chi connectivity index (χ1n) is 5.99. The Morgan fingerprint density at radius 2 is 1.80 bits per heavy atom. The van der Waals surface area contributed by atoms with Crippen molar-refractivity contribution in [3.63, 3.8) is 0 Å². The van der Waals surface area contributed by atoms with E-state index >= 15 is 0 Å². The van der Waals surface area contributed by atoms with Crippen molar-refractivity contribution in [1.29, 1.82) is 0 Å². The van der Waals surface area contributed by atoms with Crippen molar-refractivity contribution in [1.82, 2.24) is 5.32 Å². The maximum absolute atomic E-state index is 3.46. The maximum Gasteiger partial charge on any atom is 0.00412 e. The smallest absolute Gasteiger partial charge is 0.00412 e. The van der Waals surface area contributed by atoms with E-state index in [2.05, 4.69) is 56.4 Å². The lowest BCUT2D eigenvalue weighted by atomic mass is 9.95. The van der Waals surface area contributed by atoms with Crippen LogP contribution in [0.4, 0.5) is 0 Å². The van der Waals surface area contributed by atoms with Crippen LogP contribution in [0.3, 0.4) is 0 Å². The van der Waals surface area contributed by atoms with Gasteiger partial charge >= 0.3 is 0 Å². The summed E-state index contributed by atoms with van der Waals surface area (Å²) in [7, 11) is 0. The molecule has 0 bridgehead atoms. The SMILES string of the molecule is CCNC(C)CC(C)Cc1ccccc1. The van der Waals surface area contributed by atoms with E-state index in [1.54, 1.807) is 0 Å². The summed E-state index contributed by atoms with van der Waals surface area (Å²) in [6.45, 7) is 7.84. The summed E-state index contributed by atoms with van der Waals surface area (Å²) in [6.07, 6.45) is 2.44. The molecule has 1 nitrogen and oxygen atoms in total. The lowest BCUT2D eigenvalue weighted by Gasteiger charge is -2.17. The molecule has 0 amide bonds. The molecule has 0 aliphatic rings. The summed E-state index contributed by atoms with van der Waals surface area (Å²) >= 11 is 0. The minimum Gasteiger partial charge on any atom is -0.315 e. The fourth-order valence-electron chi connectivity index (χ4n) is 2.14. The van der Waals surface area contributed by atoms with E-state index in [-0.39, 0.29) is 0 Å². The summed E-state index contributed by atoms with van der Waals surface area (Å²) in [5, 5.41) is 3.46. The molecule has 1 heteroatoms. The molecule has 0 saturated heterocycles. The van der Waals surface area contributed by atoms with E-state index in [4.69, 9.17) is 0 Å². The average Bonchev–Trinajstić information content (AvgIpc) is 2.19. The molecular formula is C14H23N. The zero-order valence-electron chi connectivity index (χ0n) is 10.2. The second kappa shape index (κ2) is 6.62. The van der Waals surface area contributed by atoms with Crippen LogP contribution in [0.2, 0.25) is 0 Å². The van der Waals surface area contributed by atoms with Crippen molar-refractivity contribution in [2.45, 2.75) is 39.7 Å². The van der Waals surface area contributed by atoms with Gasteiger partial charge in [-0.3, -0.25) is 0 Å². The highest BCUT2D eigenvalue weighted by molar-refractivity contribution is 5.15. The Morgan fingerprint density at radius 3 is 2.40 bits per heavy atom. The van der Waals surface area contributed by atoms with Gasteiger partial charge in [0.2, 0.25) is 0 Å². The molecule has 15 heavy (non-hydrogen) atoms. The second-order valence-electron chi connectivity index (χ2n) is 4.49. The van der Waals surface area contributed by atoms with Crippen molar-refractivity contribution in [3.8, 4) is 0 Å². The van der Waals surface area contributed by atoms with Gasteiger partial charge in [0.15, 0.2) is 0 Å². The molecule has 0 aliphatic heterocycles. The molecule has 0 saturated carbocycles. The van der Waals surface area contributed by atoms with Crippen LogP contribution in [0.25, 0.3) is 0 Å². The van der Waals surface area contributed by atoms with E-state index in [1.165, 1.54) is 18.4 Å². The molecule has 2 unspecified atom stereocenters. The van der Waals surface area contributed by atoms with Crippen molar-refractivity contribution in [2.75, 3.05) is 6.54 Å². The van der Waals surface area contributed by atoms with Crippen molar-refractivity contribution in [2.24, 2.45) is 5.92 Å². The predicted octanol–water partition coefficient (Wildman–Crippen LogP) is 3.25. The number of nitrogens with one attached hydrogen (secondary N) is 1. The average molecular weight is 205 g/mol. The Bertz CT molecular complexity index is 255. The van der Waals surface area contributed by atoms with Crippen molar-refractivity contribution < 1.29 is 0 Å². The highest BCUT2D eigenvalue weighted by atomic mass is 14.9. The van der Waals surface area contributed by atoms with Crippen LogP contribution in [-0.2, 0) is 6.42 Å². The summed E-state index contributed by atoms with van der Waals surface area (Å²) in [5.74, 6) is 0.751. The van der Waals surface area contributed by atoms with Gasteiger partial charge in [0.05, 0.1) is 0 Å². The molecule has 0 heterocycles. The van der Waals surface area contributed by atoms with Crippen LogP contribution >= 0.6 is 0 Å². The topological polar surface area (TPSA) is 12.0 Å². The van der Waals surface area contributed by atoms with Crippen molar-refractivity contribution >= 4 is 0 Å². The van der Waals surface area contributed by atoms with Crippen LogP contribution in [0.1, 0.15) is 32.8 Å². The van der Waals surface area contributed by atoms with Crippen LogP contribution in [0.5, 0.6) is 0 Å². The minimum atomic E-state index is 0.633. The third-order valence-electron chi connectivity index (χ3n) is 2.74. The Balaban J connectivity index is 2.33. The fourth-order valence-corrected chi connectivity index (χ4v) is 2.14. The van der Waals surface area contributed by atoms with Gasteiger partial charge in [-0.15, -0.1) is 0 Å². The van der Waals surface area contributed by atoms with Gasteiger partial charge < -0.3 is 5.32 Å². The van der Waals surface area contributed by atoms with Gasteiger partial charge in [0.25, 0.3) is 0 Å². The molecule has 0 radical (unpaired) electrons. The molecule has 1 aromatic carbocycles. The largest absolute Gasteiger partial charge is 0.315 e. The van der Waals surface area contributed by atoms with E-state index < -0.39 is 0 Å². The van der Waals surface area contributed by atoms with Gasteiger partial charge in [-0.1, -0.05) is 44.2 Å². The summed E-state index contributed by atoms with van der Waals surface area (Å²) in [5.41, 5.74) is 1.45. The van der Waals surface area contributed by atoms with Crippen LogP contribution in [-0.4, -0.2) is 12.6 Å². The molecule has 1 rings (SSSR count). The first-order chi connectivity index (χ1) is 7.22. The van der Waals surface area contributed by atoms with E-state index in [0.29, 0.717) is 6.04 Å². The molecule has 0 spiro atoms. The molecule has 0 aromatic heterocycles. The molecule has 84 valence electrons. The fraction of sp³-hybridized carbons (Fsp3) is 0.571. The van der Waals surface area contributed by atoms with E-state index in [9.17, 15) is 0 Å². The molecule has 1 aromatic rings. The lowest BCUT2D eigenvalue weighted by Crippen LogP contribution is -2.27. The summed E-state index contributed by atoms with van der Waals surface area (Å²) in [6, 6.07) is 11.4. The van der Waals surface area contributed by atoms with Crippen LogP contribution in [0, 0.1) is 5.92 Å². The third kappa shape index (κ3) is 4.98. The zero-order valence-corrected chi connectivity index (χ0v) is 10.2. The standard InChI is InChI=1S/C14H23N/c1-4-15-13(3)10-12(2)11-14-8-6-5-7-9-14/h5-9,12-13,15H,4,10-11H2,1-3H3. The Hall–Kier alpha value is -0.820. The first-order valence-corrected chi connectivity index (χ1v) is 5.99. The van der Waals surface area contributed by atoms with Crippen LogP contribution < -0.4 is 5.32 Å². The summed E-state index contributed by atoms with van der Waals surface area (Å²) in [4.78, 5) is 0. The van der Waals surface area contributed by atoms with Gasteiger partial charge in [0.1, 0.15) is 0 Å². The molecule has 0 aliphatic carbocycles. The number of hydrogen-bond acceptors (Lipinski definition) is 1.